The highest BCUT2D eigenvalue weighted by molar-refractivity contribution is 5.98. The quantitative estimate of drug-likeness (QED) is 0.214. The predicted molar refractivity (Wildman–Crippen MR) is 176 cm³/mol. The number of aliphatic hydroxyl groups is 1. The van der Waals surface area contributed by atoms with Gasteiger partial charge in [-0.25, -0.2) is 14.6 Å². The number of aliphatic hydroxyl groups excluding tert-OH is 1. The lowest BCUT2D eigenvalue weighted by Gasteiger charge is -2.16. The van der Waals surface area contributed by atoms with Gasteiger partial charge in [-0.2, -0.15) is 0 Å². The van der Waals surface area contributed by atoms with Crippen LogP contribution in [0.4, 0.5) is 5.82 Å². The van der Waals surface area contributed by atoms with Crippen molar-refractivity contribution in [3.8, 4) is 34.0 Å². The molecule has 3 aromatic carbocycles. The zero-order chi connectivity index (χ0) is 32.2. The van der Waals surface area contributed by atoms with Crippen LogP contribution in [0.1, 0.15) is 27.2 Å². The second kappa shape index (κ2) is 13.3. The molecule has 10 nitrogen and oxygen atoms in total. The molecular formula is C35H38N6O4. The Kier molecular flexibility index (Phi) is 9.26. The van der Waals surface area contributed by atoms with Crippen LogP contribution in [0.15, 0.2) is 83.8 Å². The van der Waals surface area contributed by atoms with Crippen LogP contribution in [0, 0.1) is 13.8 Å². The average molecular weight is 607 g/mol. The number of nitrogens with zero attached hydrogens (tertiary/aromatic N) is 5. The Balaban J connectivity index is 1.33. The van der Waals surface area contributed by atoms with Crippen LogP contribution < -0.4 is 16.0 Å². The summed E-state index contributed by atoms with van der Waals surface area (Å²) in [5, 5.41) is 10.1. The van der Waals surface area contributed by atoms with Gasteiger partial charge in [0.15, 0.2) is 5.78 Å². The summed E-state index contributed by atoms with van der Waals surface area (Å²) >= 11 is 0. The van der Waals surface area contributed by atoms with Crippen molar-refractivity contribution in [2.75, 3.05) is 33.0 Å². The van der Waals surface area contributed by atoms with Crippen molar-refractivity contribution in [2.24, 2.45) is 7.05 Å². The number of aromatic nitrogens is 4. The molecule has 45 heavy (non-hydrogen) atoms. The number of ether oxygens (including phenoxy) is 1. The number of anilines is 1. The first kappa shape index (κ1) is 31.4. The van der Waals surface area contributed by atoms with Crippen molar-refractivity contribution >= 4 is 11.6 Å². The Morgan fingerprint density at radius 2 is 1.76 bits per heavy atom. The molecule has 0 spiro atoms. The van der Waals surface area contributed by atoms with Crippen molar-refractivity contribution < 1.29 is 14.6 Å². The number of ketones is 1. The third-order valence-corrected chi connectivity index (χ3v) is 7.62. The van der Waals surface area contributed by atoms with Gasteiger partial charge in [0.1, 0.15) is 35.5 Å². The van der Waals surface area contributed by atoms with Crippen molar-refractivity contribution in [3.05, 3.63) is 112 Å². The van der Waals surface area contributed by atoms with E-state index in [0.717, 1.165) is 22.3 Å². The fraction of sp³-hybridized carbons (Fsp3) is 0.257. The van der Waals surface area contributed by atoms with E-state index in [1.165, 1.54) is 4.68 Å². The van der Waals surface area contributed by atoms with Gasteiger partial charge < -0.3 is 20.5 Å². The molecule has 0 fully saturated rings. The number of likely N-dealkylation sites (N-methyl/N-ethyl adjacent to an activating group) is 1. The Bertz CT molecular complexity index is 1890. The molecule has 0 saturated carbocycles. The average Bonchev–Trinajstić information content (AvgIpc) is 3.23. The molecule has 3 N–H and O–H groups in total. The van der Waals surface area contributed by atoms with Gasteiger partial charge in [-0.15, -0.1) is 0 Å². The fourth-order valence-corrected chi connectivity index (χ4v) is 5.30. The van der Waals surface area contributed by atoms with Crippen LogP contribution in [-0.4, -0.2) is 68.5 Å². The standard InChI is InChI=1S/C35H38N6O4/c1-22-8-6-10-27(16-22)41-35(44)32(23(2)40(41)5)31(43)17-24-12-14-25(15-13-24)33-34(36)37-19-30(38-33)26-9-7-11-29(18-26)45-21-28(42)20-39(3)4/h6-16,18-19,28,42H,17,20-21H2,1-5H3,(H2,36,37). The highest BCUT2D eigenvalue weighted by Crippen LogP contribution is 2.28. The lowest BCUT2D eigenvalue weighted by atomic mass is 10.0. The number of hydrogen-bond acceptors (Lipinski definition) is 8. The molecule has 0 bridgehead atoms. The summed E-state index contributed by atoms with van der Waals surface area (Å²) in [6, 6.07) is 22.4. The first-order chi connectivity index (χ1) is 21.5. The van der Waals surface area contributed by atoms with E-state index in [9.17, 15) is 14.7 Å². The minimum atomic E-state index is -0.612. The van der Waals surface area contributed by atoms with E-state index < -0.39 is 6.10 Å². The van der Waals surface area contributed by atoms with E-state index in [1.54, 1.807) is 24.9 Å². The number of hydrogen-bond donors (Lipinski definition) is 2. The van der Waals surface area contributed by atoms with Crippen LogP contribution >= 0.6 is 0 Å². The maximum atomic E-state index is 13.4. The second-order valence-corrected chi connectivity index (χ2v) is 11.5. The van der Waals surface area contributed by atoms with Crippen molar-refractivity contribution in [1.82, 2.24) is 24.2 Å². The van der Waals surface area contributed by atoms with E-state index >= 15 is 0 Å². The first-order valence-electron chi connectivity index (χ1n) is 14.7. The molecule has 0 saturated heterocycles. The van der Waals surface area contributed by atoms with Gasteiger partial charge in [-0.1, -0.05) is 48.5 Å². The smallest absolute Gasteiger partial charge is 0.282 e. The third-order valence-electron chi connectivity index (χ3n) is 7.62. The largest absolute Gasteiger partial charge is 0.491 e. The number of rotatable bonds is 11. The molecule has 5 aromatic rings. The highest BCUT2D eigenvalue weighted by Gasteiger charge is 2.22. The Morgan fingerprint density at radius 1 is 1.02 bits per heavy atom. The molecule has 0 radical (unpaired) electrons. The lowest BCUT2D eigenvalue weighted by Crippen LogP contribution is -2.30. The zero-order valence-corrected chi connectivity index (χ0v) is 26.2. The van der Waals surface area contributed by atoms with Crippen molar-refractivity contribution in [2.45, 2.75) is 26.4 Å². The van der Waals surface area contributed by atoms with Gasteiger partial charge >= 0.3 is 0 Å². The molecule has 0 aliphatic carbocycles. The molecule has 1 unspecified atom stereocenters. The van der Waals surface area contributed by atoms with E-state index in [0.29, 0.717) is 35.1 Å². The molecule has 2 aromatic heterocycles. The van der Waals surface area contributed by atoms with Gasteiger partial charge in [0, 0.05) is 36.8 Å². The maximum Gasteiger partial charge on any atom is 0.282 e. The SMILES string of the molecule is Cc1cccc(-n2c(=O)c(C(=O)Cc3ccc(-c4nc(-c5cccc(OCC(O)CN(C)C)c5)cnc4N)cc3)c(C)n2C)c1. The molecule has 1 atom stereocenters. The molecule has 2 heterocycles. The normalized spacial score (nSPS) is 12.0. The summed E-state index contributed by atoms with van der Waals surface area (Å²) < 4.78 is 9.05. The molecule has 5 rings (SSSR count). The number of nitrogen functional groups attached to an aromatic ring is 1. The van der Waals surface area contributed by atoms with Gasteiger partial charge in [0.2, 0.25) is 0 Å². The van der Waals surface area contributed by atoms with Crippen LogP contribution in [0.2, 0.25) is 0 Å². The zero-order valence-electron chi connectivity index (χ0n) is 26.2. The monoisotopic (exact) mass is 606 g/mol. The topological polar surface area (TPSA) is 128 Å². The number of aryl methyl sites for hydroxylation is 1. The number of benzene rings is 3. The highest BCUT2D eigenvalue weighted by atomic mass is 16.5. The number of Topliss-reactive ketones (excluding diaryl/α,β-unsaturated/α-hetero) is 1. The summed E-state index contributed by atoms with van der Waals surface area (Å²) in [5.74, 6) is 0.641. The molecule has 0 amide bonds. The van der Waals surface area contributed by atoms with E-state index in [4.69, 9.17) is 15.5 Å². The summed E-state index contributed by atoms with van der Waals surface area (Å²) in [5.41, 5.74) is 11.9. The van der Waals surface area contributed by atoms with Crippen LogP contribution in [0.25, 0.3) is 28.2 Å². The second-order valence-electron chi connectivity index (χ2n) is 11.5. The number of nitrogens with two attached hydrogens (primary N) is 1. The van der Waals surface area contributed by atoms with Gasteiger partial charge in [-0.3, -0.25) is 14.3 Å². The molecule has 232 valence electrons. The molecular weight excluding hydrogens is 568 g/mol. The minimum Gasteiger partial charge on any atom is -0.491 e. The maximum absolute atomic E-state index is 13.4. The summed E-state index contributed by atoms with van der Waals surface area (Å²) in [7, 11) is 5.57. The van der Waals surface area contributed by atoms with E-state index in [2.05, 4.69) is 4.98 Å². The van der Waals surface area contributed by atoms with Gasteiger partial charge in [-0.05, 0) is 63.3 Å². The third kappa shape index (κ3) is 7.03. The Morgan fingerprint density at radius 3 is 2.47 bits per heavy atom. The predicted octanol–water partition coefficient (Wildman–Crippen LogP) is 4.23. The molecule has 0 aliphatic rings. The van der Waals surface area contributed by atoms with Crippen LogP contribution in [-0.2, 0) is 13.5 Å². The van der Waals surface area contributed by atoms with Crippen LogP contribution in [0.5, 0.6) is 5.75 Å². The number of carbonyl (C=O) groups excluding carboxylic acids is 1. The van der Waals surface area contributed by atoms with Gasteiger partial charge in [0.25, 0.3) is 5.56 Å². The number of carbonyl (C=O) groups is 1. The summed E-state index contributed by atoms with van der Waals surface area (Å²) in [6.07, 6.45) is 1.07. The minimum absolute atomic E-state index is 0.0748. The molecule has 0 aliphatic heterocycles. The molecule has 10 heteroatoms. The Labute approximate surface area is 262 Å². The lowest BCUT2D eigenvalue weighted by molar-refractivity contribution is 0.0831. The van der Waals surface area contributed by atoms with Crippen molar-refractivity contribution in [1.29, 1.82) is 0 Å². The Hall–Kier alpha value is -5.06. The summed E-state index contributed by atoms with van der Waals surface area (Å²) in [4.78, 5) is 37.8. The summed E-state index contributed by atoms with van der Waals surface area (Å²) in [6.45, 7) is 4.42. The van der Waals surface area contributed by atoms with E-state index in [-0.39, 0.29) is 35.8 Å². The van der Waals surface area contributed by atoms with E-state index in [1.807, 2.05) is 98.7 Å². The van der Waals surface area contributed by atoms with Crippen molar-refractivity contribution in [3.63, 3.8) is 0 Å². The first-order valence-corrected chi connectivity index (χ1v) is 14.7. The van der Waals surface area contributed by atoms with Gasteiger partial charge in [0.05, 0.1) is 17.6 Å². The fourth-order valence-electron chi connectivity index (χ4n) is 5.30. The van der Waals surface area contributed by atoms with Crippen LogP contribution in [0.3, 0.4) is 0 Å².